The fraction of sp³-hybridized carbons (Fsp3) is 0.857. The maximum Gasteiger partial charge on any atom is 0.279 e. The molecule has 0 unspecified atom stereocenters. The molecule has 1 fully saturated rings. The van der Waals surface area contributed by atoms with Gasteiger partial charge < -0.3 is 4.74 Å². The summed E-state index contributed by atoms with van der Waals surface area (Å²) in [5.41, 5.74) is 1.23. The number of ether oxygens (including phenoxy) is 1. The SMILES string of the molecule is COC1CCN(S(=O)(=O)N[C@@H](C)C2=CCCCC2)CC1. The molecule has 0 bridgehead atoms. The van der Waals surface area contributed by atoms with Crippen LogP contribution >= 0.6 is 0 Å². The molecular formula is C14H26N2O3S. The second-order valence-electron chi connectivity index (χ2n) is 5.70. The first-order valence-corrected chi connectivity index (χ1v) is 8.96. The average Bonchev–Trinajstić information content (AvgIpc) is 2.48. The number of hydrogen-bond acceptors (Lipinski definition) is 3. The van der Waals surface area contributed by atoms with Gasteiger partial charge in [-0.2, -0.15) is 17.4 Å². The molecule has 0 saturated carbocycles. The predicted octanol–water partition coefficient (Wildman–Crippen LogP) is 1.82. The standard InChI is InChI=1S/C14H26N2O3S/c1-12(13-6-4-3-5-7-13)15-20(17,18)16-10-8-14(19-2)9-11-16/h6,12,14-15H,3-5,7-11H2,1-2H3/t12-/m0/s1. The second kappa shape index (κ2) is 7.02. The molecule has 1 aliphatic heterocycles. The zero-order valence-electron chi connectivity index (χ0n) is 12.5. The third kappa shape index (κ3) is 4.04. The largest absolute Gasteiger partial charge is 0.381 e. The lowest BCUT2D eigenvalue weighted by atomic mass is 9.95. The lowest BCUT2D eigenvalue weighted by Crippen LogP contribution is -2.49. The Morgan fingerprint density at radius 2 is 2.05 bits per heavy atom. The highest BCUT2D eigenvalue weighted by atomic mass is 32.2. The Morgan fingerprint density at radius 3 is 2.60 bits per heavy atom. The van der Waals surface area contributed by atoms with Crippen LogP contribution in [0.15, 0.2) is 11.6 Å². The number of piperidine rings is 1. The van der Waals surface area contributed by atoms with Crippen LogP contribution in [0.5, 0.6) is 0 Å². The summed E-state index contributed by atoms with van der Waals surface area (Å²) in [4.78, 5) is 0. The van der Waals surface area contributed by atoms with Crippen molar-refractivity contribution in [2.24, 2.45) is 0 Å². The molecule has 6 heteroatoms. The van der Waals surface area contributed by atoms with E-state index < -0.39 is 10.2 Å². The Kier molecular flexibility index (Phi) is 5.60. The molecule has 1 atom stereocenters. The van der Waals surface area contributed by atoms with Crippen molar-refractivity contribution in [3.8, 4) is 0 Å². The summed E-state index contributed by atoms with van der Waals surface area (Å²) in [6.45, 7) is 3.02. The van der Waals surface area contributed by atoms with Crippen molar-refractivity contribution in [1.82, 2.24) is 9.03 Å². The van der Waals surface area contributed by atoms with E-state index in [4.69, 9.17) is 4.74 Å². The minimum absolute atomic E-state index is 0.0968. The molecule has 116 valence electrons. The van der Waals surface area contributed by atoms with Gasteiger partial charge in [-0.15, -0.1) is 0 Å². The summed E-state index contributed by atoms with van der Waals surface area (Å²) in [5, 5.41) is 0. The minimum Gasteiger partial charge on any atom is -0.381 e. The monoisotopic (exact) mass is 302 g/mol. The molecule has 0 spiro atoms. The maximum atomic E-state index is 12.4. The van der Waals surface area contributed by atoms with Gasteiger partial charge in [0.1, 0.15) is 0 Å². The topological polar surface area (TPSA) is 58.6 Å². The van der Waals surface area contributed by atoms with Crippen LogP contribution in [0.25, 0.3) is 0 Å². The predicted molar refractivity (Wildman–Crippen MR) is 79.7 cm³/mol. The van der Waals surface area contributed by atoms with Crippen LogP contribution in [0.4, 0.5) is 0 Å². The van der Waals surface area contributed by atoms with Crippen molar-refractivity contribution in [2.75, 3.05) is 20.2 Å². The van der Waals surface area contributed by atoms with E-state index in [1.165, 1.54) is 12.0 Å². The van der Waals surface area contributed by atoms with Gasteiger partial charge in [0.05, 0.1) is 6.10 Å². The summed E-state index contributed by atoms with van der Waals surface area (Å²) in [5.74, 6) is 0. The Morgan fingerprint density at radius 1 is 1.35 bits per heavy atom. The Balaban J connectivity index is 1.92. The molecule has 1 saturated heterocycles. The first kappa shape index (κ1) is 15.9. The van der Waals surface area contributed by atoms with Crippen LogP contribution in [-0.4, -0.2) is 45.1 Å². The van der Waals surface area contributed by atoms with Crippen molar-refractivity contribution in [3.63, 3.8) is 0 Å². The number of hydrogen-bond donors (Lipinski definition) is 1. The van der Waals surface area contributed by atoms with Gasteiger partial charge in [-0.05, 0) is 45.4 Å². The van der Waals surface area contributed by atoms with Gasteiger partial charge in [0.15, 0.2) is 0 Å². The molecule has 1 N–H and O–H groups in total. The number of nitrogens with one attached hydrogen (secondary N) is 1. The number of allylic oxidation sites excluding steroid dienone is 1. The van der Waals surface area contributed by atoms with E-state index in [-0.39, 0.29) is 12.1 Å². The molecule has 5 nitrogen and oxygen atoms in total. The first-order chi connectivity index (χ1) is 9.53. The Hall–Kier alpha value is -0.430. The normalized spacial score (nSPS) is 24.4. The van der Waals surface area contributed by atoms with Crippen molar-refractivity contribution in [3.05, 3.63) is 11.6 Å². The number of rotatable bonds is 5. The minimum atomic E-state index is -3.38. The molecule has 0 aromatic carbocycles. The highest BCUT2D eigenvalue weighted by Gasteiger charge is 2.29. The number of nitrogens with zero attached hydrogens (tertiary/aromatic N) is 1. The zero-order chi connectivity index (χ0) is 14.6. The second-order valence-corrected chi connectivity index (χ2v) is 7.41. The van der Waals surface area contributed by atoms with Gasteiger partial charge >= 0.3 is 0 Å². The van der Waals surface area contributed by atoms with Crippen LogP contribution in [-0.2, 0) is 14.9 Å². The van der Waals surface area contributed by atoms with Gasteiger partial charge in [0, 0.05) is 26.2 Å². The van der Waals surface area contributed by atoms with Crippen LogP contribution in [0.2, 0.25) is 0 Å². The molecule has 0 radical (unpaired) electrons. The van der Waals surface area contributed by atoms with Gasteiger partial charge in [0.25, 0.3) is 10.2 Å². The molecule has 1 aliphatic carbocycles. The summed E-state index contributed by atoms with van der Waals surface area (Å²) in [6, 6.07) is -0.0968. The van der Waals surface area contributed by atoms with E-state index in [0.29, 0.717) is 13.1 Å². The Labute approximate surface area is 122 Å². The van der Waals surface area contributed by atoms with E-state index in [2.05, 4.69) is 10.8 Å². The fourth-order valence-corrected chi connectivity index (χ4v) is 4.38. The molecule has 0 amide bonds. The zero-order valence-corrected chi connectivity index (χ0v) is 13.3. The van der Waals surface area contributed by atoms with Crippen LogP contribution in [0.1, 0.15) is 45.4 Å². The molecule has 0 aromatic heterocycles. The molecular weight excluding hydrogens is 276 g/mol. The van der Waals surface area contributed by atoms with E-state index in [9.17, 15) is 8.42 Å². The highest BCUT2D eigenvalue weighted by Crippen LogP contribution is 2.21. The van der Waals surface area contributed by atoms with E-state index in [1.54, 1.807) is 11.4 Å². The van der Waals surface area contributed by atoms with E-state index >= 15 is 0 Å². The Bertz CT molecular complexity index is 439. The highest BCUT2D eigenvalue weighted by molar-refractivity contribution is 7.87. The summed E-state index contributed by atoms with van der Waals surface area (Å²) >= 11 is 0. The van der Waals surface area contributed by atoms with Crippen LogP contribution in [0.3, 0.4) is 0 Å². The third-order valence-electron chi connectivity index (χ3n) is 4.28. The smallest absolute Gasteiger partial charge is 0.279 e. The summed E-state index contributed by atoms with van der Waals surface area (Å²) < 4.78 is 34.4. The van der Waals surface area contributed by atoms with Gasteiger partial charge in [-0.25, -0.2) is 0 Å². The molecule has 20 heavy (non-hydrogen) atoms. The van der Waals surface area contributed by atoms with E-state index in [0.717, 1.165) is 32.1 Å². The van der Waals surface area contributed by atoms with Gasteiger partial charge in [-0.1, -0.05) is 11.6 Å². The molecule has 2 rings (SSSR count). The average molecular weight is 302 g/mol. The molecule has 2 aliphatic rings. The van der Waals surface area contributed by atoms with Gasteiger partial charge in [-0.3, -0.25) is 0 Å². The lowest BCUT2D eigenvalue weighted by Gasteiger charge is -2.32. The summed E-state index contributed by atoms with van der Waals surface area (Å²) in [6.07, 6.45) is 8.39. The molecule has 1 heterocycles. The third-order valence-corrected chi connectivity index (χ3v) is 5.98. The van der Waals surface area contributed by atoms with Crippen molar-refractivity contribution in [2.45, 2.75) is 57.6 Å². The maximum absolute atomic E-state index is 12.4. The van der Waals surface area contributed by atoms with Crippen LogP contribution in [0, 0.1) is 0 Å². The van der Waals surface area contributed by atoms with Gasteiger partial charge in [0.2, 0.25) is 0 Å². The van der Waals surface area contributed by atoms with Crippen molar-refractivity contribution < 1.29 is 13.2 Å². The van der Waals surface area contributed by atoms with Crippen molar-refractivity contribution in [1.29, 1.82) is 0 Å². The van der Waals surface area contributed by atoms with Crippen molar-refractivity contribution >= 4 is 10.2 Å². The summed E-state index contributed by atoms with van der Waals surface area (Å²) in [7, 11) is -1.69. The number of methoxy groups -OCH3 is 1. The fourth-order valence-electron chi connectivity index (χ4n) is 2.94. The molecule has 0 aromatic rings. The van der Waals surface area contributed by atoms with Crippen LogP contribution < -0.4 is 4.72 Å². The quantitative estimate of drug-likeness (QED) is 0.788. The lowest BCUT2D eigenvalue weighted by molar-refractivity contribution is 0.0601. The van der Waals surface area contributed by atoms with E-state index in [1.807, 2.05) is 6.92 Å². The first-order valence-electron chi connectivity index (χ1n) is 7.52.